The van der Waals surface area contributed by atoms with Crippen molar-refractivity contribution >= 4 is 60.3 Å². The minimum Gasteiger partial charge on any atom is -0.789 e. The molecule has 0 amide bonds. The Morgan fingerprint density at radius 3 is 2.15 bits per heavy atom. The van der Waals surface area contributed by atoms with Crippen LogP contribution in [0.2, 0.25) is 0 Å². The van der Waals surface area contributed by atoms with Crippen LogP contribution in [0.5, 0.6) is 0 Å². The van der Waals surface area contributed by atoms with Crippen molar-refractivity contribution in [1.29, 1.82) is 0 Å². The van der Waals surface area contributed by atoms with Gasteiger partial charge in [0.15, 0.2) is 35.1 Å². The minimum atomic E-state index is -4.74. The molecule has 0 aliphatic carbocycles. The molecule has 258 valence electrons. The zero-order valence-electron chi connectivity index (χ0n) is 24.0. The van der Waals surface area contributed by atoms with Gasteiger partial charge in [0.05, 0.1) is 44.6 Å². The number of fused-ring (bicyclic) bond motifs is 4. The van der Waals surface area contributed by atoms with Crippen molar-refractivity contribution in [3.8, 4) is 0 Å². The van der Waals surface area contributed by atoms with Crippen molar-refractivity contribution in [2.75, 3.05) is 24.7 Å². The molecule has 3 aliphatic heterocycles. The van der Waals surface area contributed by atoms with E-state index in [0.29, 0.717) is 0 Å². The number of hydrogen-bond donors (Lipinski definition) is 10. The average molecular weight is 722 g/mol. The smallest absolute Gasteiger partial charge is 0.403 e. The van der Waals surface area contributed by atoms with Crippen LogP contribution >= 0.6 is 14.4 Å². The molecule has 4 aromatic heterocycles. The number of ether oxygens (including phenoxy) is 2. The van der Waals surface area contributed by atoms with Gasteiger partial charge in [-0.05, 0) is 0 Å². The molecule has 2 unspecified atom stereocenters. The van der Waals surface area contributed by atoms with Gasteiger partial charge < -0.3 is 57.8 Å². The summed E-state index contributed by atoms with van der Waals surface area (Å²) in [4.78, 5) is 59.0. The van der Waals surface area contributed by atoms with Gasteiger partial charge in [0, 0.05) is 0 Å². The van der Waals surface area contributed by atoms with E-state index in [-0.39, 0.29) is 46.4 Å². The predicted molar refractivity (Wildman–Crippen MR) is 162 cm³/mol. The van der Waals surface area contributed by atoms with E-state index in [9.17, 15) is 29.4 Å². The number of aromatic amines is 1. The van der Waals surface area contributed by atoms with Crippen LogP contribution in [-0.2, 0) is 34.9 Å². The SMILES string of the molecule is N.N.Nc1nc2c(ncn2[C@@H]2O[C@@H]3COP([O-])(=S)N[C@H]4[C@@H](O)[C@H](n5cnc6c(N)ncnc65)O[C@@H]4COP(=O)(O)N[C@H]3[C@H]2O)c(=O)[nH]1. The number of nitrogens with two attached hydrogens (primary N) is 2. The van der Waals surface area contributed by atoms with E-state index < -0.39 is 82.1 Å². The van der Waals surface area contributed by atoms with Crippen molar-refractivity contribution in [3.05, 3.63) is 29.3 Å². The summed E-state index contributed by atoms with van der Waals surface area (Å²) in [5, 5.41) is 27.4. The lowest BCUT2D eigenvalue weighted by atomic mass is 10.1. The summed E-state index contributed by atoms with van der Waals surface area (Å²) >= 11 is 5.21. The summed E-state index contributed by atoms with van der Waals surface area (Å²) in [5.74, 6) is -0.140. The molecule has 0 bridgehead atoms. The zero-order valence-corrected chi connectivity index (χ0v) is 26.6. The van der Waals surface area contributed by atoms with Gasteiger partial charge >= 0.3 is 7.75 Å². The number of imidazole rings is 2. The standard InChI is InChI=1S/C20H26N12O10P2S.2H3N/c21-14-10-15(24-3-23-14)31(4-25-10)18-13(34)9-6(41-18)1-39-43(36,37)29-8-7(2-40-44(38,45)30-9)42-19(12(8)33)32-5-26-11-16(32)27-20(22)28-17(11)35;;/h3-9,12-13,18-19,33-34H,1-2H2,(H2,21,23,24)(H2,29,36,37)(H2,30,38,45)(H3,22,27,28,35);2*1H3/p-1/t6-,7-,8-,9-,12-,13-,18-,19-,44?;;/m1../s1. The van der Waals surface area contributed by atoms with E-state index >= 15 is 0 Å². The highest BCUT2D eigenvalue weighted by Crippen LogP contribution is 2.46. The molecule has 0 radical (unpaired) electrons. The first kappa shape index (κ1) is 35.2. The number of nitrogens with zero attached hydrogens (tertiary/aromatic N) is 7. The highest BCUT2D eigenvalue weighted by atomic mass is 32.5. The second-order valence-electron chi connectivity index (χ2n) is 10.4. The molecule has 4 aromatic rings. The van der Waals surface area contributed by atoms with Crippen molar-refractivity contribution < 1.29 is 43.1 Å². The Hall–Kier alpha value is -3.10. The second kappa shape index (κ2) is 12.7. The van der Waals surface area contributed by atoms with Crippen LogP contribution in [0.25, 0.3) is 22.3 Å². The number of anilines is 2. The highest BCUT2D eigenvalue weighted by Gasteiger charge is 2.51. The fourth-order valence-electron chi connectivity index (χ4n) is 5.53. The van der Waals surface area contributed by atoms with Gasteiger partial charge in [-0.3, -0.25) is 28.5 Å². The Bertz CT molecular complexity index is 1940. The van der Waals surface area contributed by atoms with Crippen LogP contribution in [0.15, 0.2) is 23.8 Å². The molecule has 3 saturated heterocycles. The molecule has 3 aliphatic rings. The lowest BCUT2D eigenvalue weighted by Crippen LogP contribution is -2.49. The van der Waals surface area contributed by atoms with E-state index in [1.54, 1.807) is 0 Å². The van der Waals surface area contributed by atoms with Crippen molar-refractivity contribution in [1.82, 2.24) is 61.5 Å². The lowest BCUT2D eigenvalue weighted by Gasteiger charge is -2.36. The summed E-state index contributed by atoms with van der Waals surface area (Å²) in [6, 6.07) is -2.60. The van der Waals surface area contributed by atoms with Crippen LogP contribution in [0, 0.1) is 0 Å². The van der Waals surface area contributed by atoms with Crippen molar-refractivity contribution in [3.63, 3.8) is 0 Å². The van der Waals surface area contributed by atoms with Crippen LogP contribution in [0.4, 0.5) is 11.8 Å². The van der Waals surface area contributed by atoms with Crippen LogP contribution in [0.1, 0.15) is 12.5 Å². The molecule has 10 atom stereocenters. The average Bonchev–Trinajstić information content (AvgIpc) is 3.72. The molecule has 0 spiro atoms. The fourth-order valence-corrected chi connectivity index (χ4v) is 8.29. The Morgan fingerprint density at radius 1 is 0.915 bits per heavy atom. The van der Waals surface area contributed by atoms with E-state index in [1.807, 2.05) is 0 Å². The first-order valence-corrected chi connectivity index (χ1v) is 17.3. The summed E-state index contributed by atoms with van der Waals surface area (Å²) in [6.07, 6.45) is -4.38. The van der Waals surface area contributed by atoms with Crippen molar-refractivity contribution in [2.24, 2.45) is 0 Å². The summed E-state index contributed by atoms with van der Waals surface area (Å²) < 4.78 is 38.5. The third-order valence-electron chi connectivity index (χ3n) is 7.58. The lowest BCUT2D eigenvalue weighted by molar-refractivity contribution is -0.190. The molecule has 7 heterocycles. The summed E-state index contributed by atoms with van der Waals surface area (Å²) in [5.41, 5.74) is 11.2. The number of rotatable bonds is 2. The van der Waals surface area contributed by atoms with Gasteiger partial charge in [0.2, 0.25) is 5.95 Å². The first-order valence-electron chi connectivity index (χ1n) is 13.1. The normalized spacial score (nSPS) is 36.1. The van der Waals surface area contributed by atoms with Crippen molar-refractivity contribution in [2.45, 2.75) is 49.0 Å². The topological polar surface area (TPSA) is 391 Å². The van der Waals surface area contributed by atoms with E-state index in [1.165, 1.54) is 28.1 Å². The Kier molecular flexibility index (Phi) is 9.54. The Balaban J connectivity index is 0.00000217. The van der Waals surface area contributed by atoms with Crippen LogP contribution in [0.3, 0.4) is 0 Å². The minimum absolute atomic E-state index is 0. The third-order valence-corrected chi connectivity index (χ3v) is 10.4. The molecular weight excluding hydrogens is 690 g/mol. The van der Waals surface area contributed by atoms with Crippen LogP contribution in [-0.4, -0.2) is 104 Å². The number of H-pyrrole nitrogens is 1. The van der Waals surface area contributed by atoms with Crippen LogP contribution < -0.4 is 44.4 Å². The number of aromatic nitrogens is 8. The maximum atomic E-state index is 13.5. The molecule has 0 aromatic carbocycles. The van der Waals surface area contributed by atoms with Gasteiger partial charge in [-0.2, -0.15) is 4.98 Å². The number of hydrogen-bond acceptors (Lipinski definition) is 19. The molecule has 7 rings (SSSR count). The number of aliphatic hydroxyl groups is 2. The zero-order chi connectivity index (χ0) is 31.8. The van der Waals surface area contributed by atoms with Gasteiger partial charge in [0.25, 0.3) is 5.56 Å². The van der Waals surface area contributed by atoms with E-state index in [0.717, 1.165) is 0 Å². The maximum absolute atomic E-state index is 13.5. The Morgan fingerprint density at radius 2 is 1.49 bits per heavy atom. The van der Waals surface area contributed by atoms with E-state index in [2.05, 4.69) is 40.1 Å². The molecule has 27 heteroatoms. The largest absolute Gasteiger partial charge is 0.789 e. The van der Waals surface area contributed by atoms with Gasteiger partial charge in [-0.25, -0.2) is 29.6 Å². The fraction of sp³-hybridized carbons (Fsp3) is 0.500. The highest BCUT2D eigenvalue weighted by molar-refractivity contribution is 8.07. The molecule has 16 N–H and O–H groups in total. The first-order chi connectivity index (χ1) is 21.3. The molecule has 0 saturated carbocycles. The second-order valence-corrected chi connectivity index (χ2v) is 14.9. The predicted octanol–water partition coefficient (Wildman–Crippen LogP) is -3.39. The monoisotopic (exact) mass is 721 g/mol. The molecular formula is C20H31N14O10P2S-. The molecule has 24 nitrogen and oxygen atoms in total. The quantitative estimate of drug-likeness (QED) is 0.0902. The third kappa shape index (κ3) is 6.28. The van der Waals surface area contributed by atoms with E-state index in [4.69, 9.17) is 41.8 Å². The van der Waals surface area contributed by atoms with Gasteiger partial charge in [-0.15, -0.1) is 0 Å². The van der Waals surface area contributed by atoms with Gasteiger partial charge in [-0.1, -0.05) is 11.8 Å². The summed E-state index contributed by atoms with van der Waals surface area (Å²) in [6.45, 7) is -5.38. The number of nitrogens with one attached hydrogen (secondary N) is 3. The molecule has 3 fully saturated rings. The molecule has 47 heavy (non-hydrogen) atoms. The Labute approximate surface area is 267 Å². The number of nitrogen functional groups attached to an aromatic ring is 2. The van der Waals surface area contributed by atoms with Gasteiger partial charge in [0.1, 0.15) is 36.3 Å². The number of aliphatic hydroxyl groups excluding tert-OH is 2. The summed E-state index contributed by atoms with van der Waals surface area (Å²) in [7, 11) is -4.74. The maximum Gasteiger partial charge on any atom is 0.403 e.